The van der Waals surface area contributed by atoms with Crippen molar-refractivity contribution in [1.29, 1.82) is 0 Å². The minimum absolute atomic E-state index is 0.0345. The van der Waals surface area contributed by atoms with Crippen molar-refractivity contribution in [2.24, 2.45) is 7.05 Å². The molecule has 1 fully saturated rings. The second kappa shape index (κ2) is 5.16. The Bertz CT molecular complexity index is 480. The highest BCUT2D eigenvalue weighted by molar-refractivity contribution is 5.60. The van der Waals surface area contributed by atoms with E-state index in [0.717, 1.165) is 25.7 Å². The summed E-state index contributed by atoms with van der Waals surface area (Å²) >= 11 is 0. The third kappa shape index (κ3) is 2.70. The van der Waals surface area contributed by atoms with Crippen LogP contribution in [0.3, 0.4) is 0 Å². The molecule has 2 N–H and O–H groups in total. The van der Waals surface area contributed by atoms with Gasteiger partial charge in [-0.2, -0.15) is 5.10 Å². The van der Waals surface area contributed by atoms with Gasteiger partial charge in [0, 0.05) is 13.6 Å². The molecule has 0 atom stereocenters. The number of nitrogens with one attached hydrogen (secondary N) is 1. The Morgan fingerprint density at radius 1 is 1.58 bits per heavy atom. The first-order valence-electron chi connectivity index (χ1n) is 6.63. The second-order valence-electron chi connectivity index (χ2n) is 5.21. The zero-order chi connectivity index (χ0) is 14.0. The van der Waals surface area contributed by atoms with Gasteiger partial charge in [-0.3, -0.25) is 10.1 Å². The molecular formula is C12H20N4O3. The van der Waals surface area contributed by atoms with E-state index in [1.807, 2.05) is 6.92 Å². The highest BCUT2D eigenvalue weighted by atomic mass is 16.6. The molecule has 0 aromatic carbocycles. The van der Waals surface area contributed by atoms with E-state index >= 15 is 0 Å². The maximum absolute atomic E-state index is 11.2. The molecule has 1 aromatic heterocycles. The molecule has 1 aromatic rings. The molecule has 0 amide bonds. The largest absolute Gasteiger partial charge is 0.388 e. The van der Waals surface area contributed by atoms with Crippen LogP contribution in [0.5, 0.6) is 0 Å². The summed E-state index contributed by atoms with van der Waals surface area (Å²) < 4.78 is 1.49. The lowest BCUT2D eigenvalue weighted by atomic mass is 9.80. The van der Waals surface area contributed by atoms with Crippen molar-refractivity contribution < 1.29 is 10.0 Å². The first kappa shape index (κ1) is 13.8. The molecule has 7 heteroatoms. The minimum atomic E-state index is -0.719. The van der Waals surface area contributed by atoms with E-state index in [1.54, 1.807) is 7.05 Å². The van der Waals surface area contributed by atoms with Crippen LogP contribution in [0.25, 0.3) is 0 Å². The van der Waals surface area contributed by atoms with Gasteiger partial charge < -0.3 is 10.4 Å². The van der Waals surface area contributed by atoms with E-state index in [2.05, 4.69) is 10.4 Å². The van der Waals surface area contributed by atoms with Crippen LogP contribution in [0.4, 0.5) is 11.5 Å². The summed E-state index contributed by atoms with van der Waals surface area (Å²) in [5, 5.41) is 28.4. The molecule has 0 saturated heterocycles. The lowest BCUT2D eigenvalue weighted by Gasteiger charge is -2.36. The fraction of sp³-hybridized carbons (Fsp3) is 0.750. The van der Waals surface area contributed by atoms with Gasteiger partial charge in [-0.05, 0) is 25.7 Å². The topological polar surface area (TPSA) is 93.2 Å². The zero-order valence-corrected chi connectivity index (χ0v) is 11.3. The van der Waals surface area contributed by atoms with Gasteiger partial charge in [0.2, 0.25) is 5.82 Å². The molecule has 19 heavy (non-hydrogen) atoms. The fourth-order valence-corrected chi connectivity index (χ4v) is 2.37. The van der Waals surface area contributed by atoms with E-state index in [-0.39, 0.29) is 5.69 Å². The number of nitrogens with zero attached hydrogens (tertiary/aromatic N) is 3. The van der Waals surface area contributed by atoms with E-state index in [9.17, 15) is 15.2 Å². The molecule has 1 saturated carbocycles. The summed E-state index contributed by atoms with van der Waals surface area (Å²) in [7, 11) is 1.68. The monoisotopic (exact) mass is 268 g/mol. The maximum atomic E-state index is 11.2. The Balaban J connectivity index is 2.20. The van der Waals surface area contributed by atoms with Gasteiger partial charge in [0.15, 0.2) is 0 Å². The van der Waals surface area contributed by atoms with E-state index in [1.165, 1.54) is 4.68 Å². The number of aryl methyl sites for hydroxylation is 2. The van der Waals surface area contributed by atoms with Gasteiger partial charge in [-0.1, -0.05) is 13.3 Å². The number of hydrogen-bond acceptors (Lipinski definition) is 5. The summed E-state index contributed by atoms with van der Waals surface area (Å²) in [6.07, 6.45) is 3.88. The van der Waals surface area contributed by atoms with Crippen LogP contribution in [-0.2, 0) is 13.5 Å². The Labute approximate surface area is 111 Å². The van der Waals surface area contributed by atoms with Gasteiger partial charge >= 0.3 is 5.69 Å². The third-order valence-corrected chi connectivity index (χ3v) is 3.63. The summed E-state index contributed by atoms with van der Waals surface area (Å²) in [4.78, 5) is 10.8. The molecule has 0 spiro atoms. The first-order chi connectivity index (χ1) is 8.97. The number of rotatable bonds is 6. The van der Waals surface area contributed by atoms with Crippen molar-refractivity contribution >= 4 is 11.5 Å². The Morgan fingerprint density at radius 2 is 2.26 bits per heavy atom. The van der Waals surface area contributed by atoms with Crippen molar-refractivity contribution in [2.45, 2.75) is 44.6 Å². The van der Waals surface area contributed by atoms with Gasteiger partial charge in [0.05, 0.1) is 10.5 Å². The number of aromatic nitrogens is 2. The van der Waals surface area contributed by atoms with Gasteiger partial charge in [-0.25, -0.2) is 4.68 Å². The number of nitro groups is 1. The smallest absolute Gasteiger partial charge is 0.333 e. The van der Waals surface area contributed by atoms with Crippen LogP contribution < -0.4 is 5.32 Å². The molecule has 0 aliphatic heterocycles. The highest BCUT2D eigenvalue weighted by Gasteiger charge is 2.35. The van der Waals surface area contributed by atoms with Crippen molar-refractivity contribution in [1.82, 2.24) is 9.78 Å². The van der Waals surface area contributed by atoms with Crippen molar-refractivity contribution in [3.05, 3.63) is 15.8 Å². The van der Waals surface area contributed by atoms with E-state index < -0.39 is 10.5 Å². The van der Waals surface area contributed by atoms with E-state index in [0.29, 0.717) is 24.5 Å². The van der Waals surface area contributed by atoms with E-state index in [4.69, 9.17) is 0 Å². The Hall–Kier alpha value is -1.63. The molecular weight excluding hydrogens is 248 g/mol. The zero-order valence-electron chi connectivity index (χ0n) is 11.3. The lowest BCUT2D eigenvalue weighted by Crippen LogP contribution is -2.43. The SMILES string of the molecule is CCCc1nn(C)c(NCC2(O)CCC2)c1[N+](=O)[O-]. The number of aliphatic hydroxyl groups is 1. The predicted octanol–water partition coefficient (Wildman–Crippen LogP) is 1.61. The van der Waals surface area contributed by atoms with Crippen LogP contribution in [0.1, 0.15) is 38.3 Å². The molecule has 106 valence electrons. The molecule has 1 aliphatic rings. The first-order valence-corrected chi connectivity index (χ1v) is 6.63. The van der Waals surface area contributed by atoms with Crippen LogP contribution >= 0.6 is 0 Å². The van der Waals surface area contributed by atoms with Crippen LogP contribution in [0, 0.1) is 10.1 Å². The Kier molecular flexibility index (Phi) is 3.75. The van der Waals surface area contributed by atoms with Gasteiger partial charge in [0.1, 0.15) is 5.69 Å². The summed E-state index contributed by atoms with van der Waals surface area (Å²) in [6.45, 7) is 2.29. The van der Waals surface area contributed by atoms with Crippen molar-refractivity contribution in [3.8, 4) is 0 Å². The van der Waals surface area contributed by atoms with Gasteiger partial charge in [-0.15, -0.1) is 0 Å². The quantitative estimate of drug-likeness (QED) is 0.604. The van der Waals surface area contributed by atoms with Crippen LogP contribution in [0.2, 0.25) is 0 Å². The number of anilines is 1. The third-order valence-electron chi connectivity index (χ3n) is 3.63. The molecule has 1 aliphatic carbocycles. The van der Waals surface area contributed by atoms with Crippen molar-refractivity contribution in [2.75, 3.05) is 11.9 Å². The number of hydrogen-bond donors (Lipinski definition) is 2. The van der Waals surface area contributed by atoms with Crippen molar-refractivity contribution in [3.63, 3.8) is 0 Å². The van der Waals surface area contributed by atoms with Crippen LogP contribution in [0.15, 0.2) is 0 Å². The molecule has 2 rings (SSSR count). The summed E-state index contributed by atoms with van der Waals surface area (Å²) in [5.41, 5.74) is -0.186. The minimum Gasteiger partial charge on any atom is -0.388 e. The summed E-state index contributed by atoms with van der Waals surface area (Å²) in [5.74, 6) is 0.383. The molecule has 0 unspecified atom stereocenters. The average Bonchev–Trinajstić information content (AvgIpc) is 2.61. The maximum Gasteiger partial charge on any atom is 0.333 e. The fourth-order valence-electron chi connectivity index (χ4n) is 2.37. The Morgan fingerprint density at radius 3 is 2.74 bits per heavy atom. The lowest BCUT2D eigenvalue weighted by molar-refractivity contribution is -0.384. The van der Waals surface area contributed by atoms with Gasteiger partial charge in [0.25, 0.3) is 0 Å². The average molecular weight is 268 g/mol. The summed E-state index contributed by atoms with van der Waals surface area (Å²) in [6, 6.07) is 0. The molecule has 0 bridgehead atoms. The highest BCUT2D eigenvalue weighted by Crippen LogP contribution is 2.34. The molecule has 7 nitrogen and oxygen atoms in total. The molecule has 1 heterocycles. The predicted molar refractivity (Wildman–Crippen MR) is 71.1 cm³/mol. The normalized spacial score (nSPS) is 17.0. The van der Waals surface area contributed by atoms with Crippen LogP contribution in [-0.4, -0.2) is 32.0 Å². The second-order valence-corrected chi connectivity index (χ2v) is 5.21. The molecule has 0 radical (unpaired) electrons. The standard InChI is InChI=1S/C12H20N4O3/c1-3-5-9-10(16(18)19)11(15(2)14-9)13-8-12(17)6-4-7-12/h13,17H,3-8H2,1-2H3.